The monoisotopic (exact) mass is 254 g/mol. The van der Waals surface area contributed by atoms with Crippen LogP contribution in [0.3, 0.4) is 0 Å². The van der Waals surface area contributed by atoms with Gasteiger partial charge in [-0.15, -0.1) is 0 Å². The van der Waals surface area contributed by atoms with Crippen LogP contribution in [-0.2, 0) is 9.59 Å². The van der Waals surface area contributed by atoms with Crippen LogP contribution in [0.25, 0.3) is 0 Å². The van der Waals surface area contributed by atoms with E-state index in [4.69, 9.17) is 0 Å². The molecule has 1 saturated carbocycles. The Morgan fingerprint density at radius 1 is 1.33 bits per heavy atom. The maximum absolute atomic E-state index is 11.9. The van der Waals surface area contributed by atoms with Crippen LogP contribution in [0.4, 0.5) is 0 Å². The van der Waals surface area contributed by atoms with Crippen molar-refractivity contribution in [3.8, 4) is 0 Å². The van der Waals surface area contributed by atoms with E-state index >= 15 is 0 Å². The van der Waals surface area contributed by atoms with E-state index in [1.807, 2.05) is 6.92 Å². The Morgan fingerprint density at radius 2 is 1.94 bits per heavy atom. The molecule has 2 aliphatic rings. The molecule has 1 saturated heterocycles. The summed E-state index contributed by atoms with van der Waals surface area (Å²) in [4.78, 5) is 25.0. The molecule has 2 fully saturated rings. The third-order valence-corrected chi connectivity index (χ3v) is 4.32. The lowest BCUT2D eigenvalue weighted by atomic mass is 9.76. The summed E-state index contributed by atoms with van der Waals surface area (Å²) in [7, 11) is 0. The Labute approximate surface area is 108 Å². The molecule has 102 valence electrons. The summed E-state index contributed by atoms with van der Waals surface area (Å²) in [5, 5.41) is 12.5. The zero-order chi connectivity index (χ0) is 13.2. The number of carbonyl (C=O) groups excluding carboxylic acids is 1. The lowest BCUT2D eigenvalue weighted by Gasteiger charge is -2.38. The van der Waals surface area contributed by atoms with Crippen LogP contribution in [-0.4, -0.2) is 47.6 Å². The summed E-state index contributed by atoms with van der Waals surface area (Å²) in [5.74, 6) is -0.606. The lowest BCUT2D eigenvalue weighted by molar-refractivity contribution is -0.154. The fourth-order valence-corrected chi connectivity index (χ4v) is 2.53. The molecule has 1 amide bonds. The van der Waals surface area contributed by atoms with Crippen molar-refractivity contribution in [1.29, 1.82) is 0 Å². The van der Waals surface area contributed by atoms with Gasteiger partial charge in [0.2, 0.25) is 5.91 Å². The average molecular weight is 254 g/mol. The normalized spacial score (nSPS) is 22.8. The largest absolute Gasteiger partial charge is 0.481 e. The van der Waals surface area contributed by atoms with Gasteiger partial charge in [-0.3, -0.25) is 9.59 Å². The molecule has 18 heavy (non-hydrogen) atoms. The number of carbonyl (C=O) groups is 2. The molecule has 0 unspecified atom stereocenters. The highest BCUT2D eigenvalue weighted by Crippen LogP contribution is 2.35. The van der Waals surface area contributed by atoms with E-state index in [-0.39, 0.29) is 5.91 Å². The van der Waals surface area contributed by atoms with E-state index in [0.717, 1.165) is 0 Å². The van der Waals surface area contributed by atoms with E-state index in [1.165, 1.54) is 12.8 Å². The van der Waals surface area contributed by atoms with Crippen LogP contribution in [0.15, 0.2) is 0 Å². The number of hydrogen-bond acceptors (Lipinski definition) is 3. The minimum Gasteiger partial charge on any atom is -0.481 e. The summed E-state index contributed by atoms with van der Waals surface area (Å²) in [5.41, 5.74) is -0.610. The molecule has 1 aliphatic carbocycles. The summed E-state index contributed by atoms with van der Waals surface area (Å²) in [6.45, 7) is 3.47. The summed E-state index contributed by atoms with van der Waals surface area (Å²) < 4.78 is 0. The second kappa shape index (κ2) is 5.26. The predicted octanol–water partition coefficient (Wildman–Crippen LogP) is 0.842. The first-order valence-corrected chi connectivity index (χ1v) is 6.82. The van der Waals surface area contributed by atoms with E-state index < -0.39 is 11.4 Å². The van der Waals surface area contributed by atoms with Crippen molar-refractivity contribution in [2.45, 2.75) is 45.1 Å². The van der Waals surface area contributed by atoms with E-state index in [0.29, 0.717) is 44.9 Å². The number of aliphatic carboxylic acids is 1. The molecule has 2 rings (SSSR count). The molecule has 0 aromatic carbocycles. The van der Waals surface area contributed by atoms with Crippen molar-refractivity contribution in [2.75, 3.05) is 19.6 Å². The SMILES string of the molecule is CCC1(C(=O)O)CCN(C(=O)CNC2CC2)CC1. The van der Waals surface area contributed by atoms with E-state index in [9.17, 15) is 14.7 Å². The second-order valence-corrected chi connectivity index (χ2v) is 5.47. The fourth-order valence-electron chi connectivity index (χ4n) is 2.53. The molecular weight excluding hydrogens is 232 g/mol. The number of likely N-dealkylation sites (tertiary alicyclic amines) is 1. The molecule has 0 spiro atoms. The summed E-state index contributed by atoms with van der Waals surface area (Å²) in [6, 6.07) is 0.535. The minimum atomic E-state index is -0.715. The van der Waals surface area contributed by atoms with Crippen LogP contribution < -0.4 is 5.32 Å². The molecular formula is C13H22N2O3. The first-order chi connectivity index (χ1) is 8.57. The minimum absolute atomic E-state index is 0.108. The van der Waals surface area contributed by atoms with Crippen molar-refractivity contribution in [3.63, 3.8) is 0 Å². The standard InChI is InChI=1S/C13H22N2O3/c1-2-13(12(17)18)5-7-15(8-6-13)11(16)9-14-10-3-4-10/h10,14H,2-9H2,1H3,(H,17,18). The van der Waals surface area contributed by atoms with Crippen LogP contribution in [0.2, 0.25) is 0 Å². The molecule has 5 nitrogen and oxygen atoms in total. The van der Waals surface area contributed by atoms with Gasteiger partial charge in [-0.2, -0.15) is 0 Å². The molecule has 5 heteroatoms. The highest BCUT2D eigenvalue weighted by molar-refractivity contribution is 5.79. The quantitative estimate of drug-likeness (QED) is 0.763. The molecule has 0 atom stereocenters. The third kappa shape index (κ3) is 2.83. The van der Waals surface area contributed by atoms with Gasteiger partial charge in [-0.05, 0) is 32.1 Å². The van der Waals surface area contributed by atoms with Gasteiger partial charge in [-0.1, -0.05) is 6.92 Å². The lowest BCUT2D eigenvalue weighted by Crippen LogP contribution is -2.48. The van der Waals surface area contributed by atoms with Crippen LogP contribution in [0, 0.1) is 5.41 Å². The van der Waals surface area contributed by atoms with E-state index in [2.05, 4.69) is 5.32 Å². The highest BCUT2D eigenvalue weighted by Gasteiger charge is 2.40. The van der Waals surface area contributed by atoms with Gasteiger partial charge in [0.25, 0.3) is 0 Å². The maximum atomic E-state index is 11.9. The molecule has 0 radical (unpaired) electrons. The van der Waals surface area contributed by atoms with Crippen molar-refractivity contribution >= 4 is 11.9 Å². The summed E-state index contributed by atoms with van der Waals surface area (Å²) >= 11 is 0. The smallest absolute Gasteiger partial charge is 0.309 e. The molecule has 1 aliphatic heterocycles. The number of hydrogen-bond donors (Lipinski definition) is 2. The molecule has 1 heterocycles. The van der Waals surface area contributed by atoms with Crippen LogP contribution in [0.5, 0.6) is 0 Å². The van der Waals surface area contributed by atoms with Gasteiger partial charge in [0.15, 0.2) is 0 Å². The number of nitrogens with zero attached hydrogens (tertiary/aromatic N) is 1. The number of amides is 1. The zero-order valence-electron chi connectivity index (χ0n) is 10.9. The highest BCUT2D eigenvalue weighted by atomic mass is 16.4. The molecule has 0 bridgehead atoms. The average Bonchev–Trinajstić information content (AvgIpc) is 3.20. The first kappa shape index (κ1) is 13.3. The van der Waals surface area contributed by atoms with Crippen molar-refractivity contribution in [3.05, 3.63) is 0 Å². The Bertz CT molecular complexity index is 331. The van der Waals surface area contributed by atoms with Crippen molar-refractivity contribution < 1.29 is 14.7 Å². The number of carboxylic acid groups (broad SMARTS) is 1. The van der Waals surface area contributed by atoms with Gasteiger partial charge in [0.05, 0.1) is 12.0 Å². The fraction of sp³-hybridized carbons (Fsp3) is 0.846. The second-order valence-electron chi connectivity index (χ2n) is 5.47. The third-order valence-electron chi connectivity index (χ3n) is 4.32. The predicted molar refractivity (Wildman–Crippen MR) is 67.2 cm³/mol. The maximum Gasteiger partial charge on any atom is 0.309 e. The number of piperidine rings is 1. The number of carboxylic acids is 1. The molecule has 0 aromatic heterocycles. The van der Waals surface area contributed by atoms with Gasteiger partial charge in [0.1, 0.15) is 0 Å². The topological polar surface area (TPSA) is 69.6 Å². The van der Waals surface area contributed by atoms with Crippen LogP contribution >= 0.6 is 0 Å². The van der Waals surface area contributed by atoms with E-state index in [1.54, 1.807) is 4.90 Å². The van der Waals surface area contributed by atoms with Gasteiger partial charge in [-0.25, -0.2) is 0 Å². The Morgan fingerprint density at radius 3 is 2.39 bits per heavy atom. The van der Waals surface area contributed by atoms with Gasteiger partial charge < -0.3 is 15.3 Å². The summed E-state index contributed by atoms with van der Waals surface area (Å²) in [6.07, 6.45) is 4.14. The van der Waals surface area contributed by atoms with Gasteiger partial charge in [0, 0.05) is 19.1 Å². The molecule has 2 N–H and O–H groups in total. The zero-order valence-corrected chi connectivity index (χ0v) is 10.9. The Balaban J connectivity index is 1.81. The Hall–Kier alpha value is -1.10. The van der Waals surface area contributed by atoms with Crippen LogP contribution in [0.1, 0.15) is 39.0 Å². The van der Waals surface area contributed by atoms with Crippen molar-refractivity contribution in [1.82, 2.24) is 10.2 Å². The Kier molecular flexibility index (Phi) is 3.90. The molecule has 0 aromatic rings. The van der Waals surface area contributed by atoms with Crippen molar-refractivity contribution in [2.24, 2.45) is 5.41 Å². The van der Waals surface area contributed by atoms with Gasteiger partial charge >= 0.3 is 5.97 Å². The number of rotatable bonds is 5. The number of nitrogens with one attached hydrogen (secondary N) is 1. The first-order valence-electron chi connectivity index (χ1n) is 6.82.